The van der Waals surface area contributed by atoms with Gasteiger partial charge in [0.1, 0.15) is 11.2 Å². The van der Waals surface area contributed by atoms with E-state index in [0.29, 0.717) is 0 Å². The van der Waals surface area contributed by atoms with Crippen molar-refractivity contribution in [3.05, 3.63) is 224 Å². The molecule has 0 aliphatic carbocycles. The van der Waals surface area contributed by atoms with E-state index in [0.717, 1.165) is 61.3 Å². The van der Waals surface area contributed by atoms with Crippen molar-refractivity contribution in [1.29, 1.82) is 0 Å². The highest BCUT2D eigenvalue weighted by atomic mass is 16.3. The molecule has 0 N–H and O–H groups in total. The molecule has 2 heteroatoms. The lowest BCUT2D eigenvalue weighted by molar-refractivity contribution is 0.669. The largest absolute Gasteiger partial charge is 0.456 e. The van der Waals surface area contributed by atoms with Crippen LogP contribution in [-0.2, 0) is 0 Å². The molecule has 10 aromatic carbocycles. The van der Waals surface area contributed by atoms with Gasteiger partial charge in [-0.1, -0.05) is 176 Å². The molecule has 0 saturated heterocycles. The summed E-state index contributed by atoms with van der Waals surface area (Å²) in [7, 11) is 0. The van der Waals surface area contributed by atoms with Crippen molar-refractivity contribution in [2.75, 3.05) is 4.90 Å². The molecule has 272 valence electrons. The van der Waals surface area contributed by atoms with Gasteiger partial charge in [-0.05, 0) is 115 Å². The molecule has 0 fully saturated rings. The fourth-order valence-electron chi connectivity index (χ4n) is 8.83. The third kappa shape index (κ3) is 5.74. The smallest absolute Gasteiger partial charge is 0.137 e. The monoisotopic (exact) mass is 739 g/mol. The maximum atomic E-state index is 6.53. The highest BCUT2D eigenvalue weighted by molar-refractivity contribution is 6.22. The molecule has 0 unspecified atom stereocenters. The Morgan fingerprint density at radius 1 is 0.276 bits per heavy atom. The van der Waals surface area contributed by atoms with E-state index in [-0.39, 0.29) is 0 Å². The predicted octanol–water partition coefficient (Wildman–Crippen LogP) is 16.0. The van der Waals surface area contributed by atoms with Crippen molar-refractivity contribution in [1.82, 2.24) is 0 Å². The third-order valence-corrected chi connectivity index (χ3v) is 11.4. The molecule has 0 saturated carbocycles. The van der Waals surface area contributed by atoms with Crippen molar-refractivity contribution < 1.29 is 4.42 Å². The second kappa shape index (κ2) is 14.1. The van der Waals surface area contributed by atoms with Gasteiger partial charge in [0.25, 0.3) is 0 Å². The molecule has 0 aliphatic rings. The number of furan rings is 1. The van der Waals surface area contributed by atoms with Crippen LogP contribution in [0.4, 0.5) is 17.1 Å². The number of anilines is 3. The molecular formula is C56H37NO. The van der Waals surface area contributed by atoms with E-state index in [1.165, 1.54) is 43.8 Å². The molecular weight excluding hydrogens is 703 g/mol. The molecule has 1 aromatic heterocycles. The van der Waals surface area contributed by atoms with Crippen molar-refractivity contribution in [3.63, 3.8) is 0 Å². The summed E-state index contributed by atoms with van der Waals surface area (Å²) >= 11 is 0. The van der Waals surface area contributed by atoms with Crippen molar-refractivity contribution in [3.8, 4) is 44.5 Å². The standard InChI is InChI=1S/C56H37NO/c1-5-18-38(19-6-1)42-34-43(39-20-7-2-8-21-39)36-45(35-42)57(51-29-17-31-53-56(51)49-28-15-16-30-52(49)58-53)44-32-33-47-46-26-13-14-27-48(46)54(40-22-9-3-10-23-40)55(50(47)37-44)41-24-11-4-12-25-41/h1-37H. The highest BCUT2D eigenvalue weighted by Crippen LogP contribution is 2.49. The van der Waals surface area contributed by atoms with Gasteiger partial charge in [0.05, 0.1) is 11.1 Å². The average molecular weight is 740 g/mol. The fraction of sp³-hybridized carbons (Fsp3) is 0. The number of rotatable bonds is 7. The van der Waals surface area contributed by atoms with Gasteiger partial charge in [-0.15, -0.1) is 0 Å². The van der Waals surface area contributed by atoms with Crippen LogP contribution in [0.1, 0.15) is 0 Å². The van der Waals surface area contributed by atoms with E-state index in [4.69, 9.17) is 4.42 Å². The Hall–Kier alpha value is -7.68. The number of hydrogen-bond acceptors (Lipinski definition) is 2. The molecule has 0 atom stereocenters. The first-order valence-electron chi connectivity index (χ1n) is 19.8. The van der Waals surface area contributed by atoms with Crippen LogP contribution in [0.2, 0.25) is 0 Å². The zero-order valence-corrected chi connectivity index (χ0v) is 31.7. The first-order valence-corrected chi connectivity index (χ1v) is 19.8. The minimum Gasteiger partial charge on any atom is -0.456 e. The van der Waals surface area contributed by atoms with E-state index < -0.39 is 0 Å². The van der Waals surface area contributed by atoms with Gasteiger partial charge < -0.3 is 9.32 Å². The lowest BCUT2D eigenvalue weighted by atomic mass is 9.85. The SMILES string of the molecule is c1ccc(-c2cc(-c3ccccc3)cc(N(c3ccc4c(c3)c(-c3ccccc3)c(-c3ccccc3)c3ccccc34)c3cccc4oc5ccccc5c34)c2)cc1. The van der Waals surface area contributed by atoms with E-state index >= 15 is 0 Å². The summed E-state index contributed by atoms with van der Waals surface area (Å²) in [5, 5.41) is 7.04. The quantitative estimate of drug-likeness (QED) is 0.151. The topological polar surface area (TPSA) is 16.4 Å². The van der Waals surface area contributed by atoms with Crippen LogP contribution in [0.15, 0.2) is 229 Å². The van der Waals surface area contributed by atoms with Crippen LogP contribution in [0.3, 0.4) is 0 Å². The Morgan fingerprint density at radius 2 is 0.759 bits per heavy atom. The summed E-state index contributed by atoms with van der Waals surface area (Å²) in [4.78, 5) is 2.44. The number of hydrogen-bond donors (Lipinski definition) is 0. The predicted molar refractivity (Wildman–Crippen MR) is 245 cm³/mol. The van der Waals surface area contributed by atoms with Gasteiger partial charge in [0.2, 0.25) is 0 Å². The minimum absolute atomic E-state index is 0.856. The molecule has 11 rings (SSSR count). The van der Waals surface area contributed by atoms with Gasteiger partial charge >= 0.3 is 0 Å². The van der Waals surface area contributed by atoms with Crippen molar-refractivity contribution in [2.24, 2.45) is 0 Å². The molecule has 0 aliphatic heterocycles. The zero-order valence-electron chi connectivity index (χ0n) is 31.7. The zero-order chi connectivity index (χ0) is 38.4. The summed E-state index contributed by atoms with van der Waals surface area (Å²) in [6.07, 6.45) is 0. The summed E-state index contributed by atoms with van der Waals surface area (Å²) in [6.45, 7) is 0. The van der Waals surface area contributed by atoms with Crippen LogP contribution >= 0.6 is 0 Å². The fourth-order valence-corrected chi connectivity index (χ4v) is 8.83. The average Bonchev–Trinajstić information content (AvgIpc) is 3.69. The number of para-hydroxylation sites is 1. The van der Waals surface area contributed by atoms with Crippen LogP contribution in [0.25, 0.3) is 88.0 Å². The molecule has 11 aromatic rings. The van der Waals surface area contributed by atoms with Crippen molar-refractivity contribution in [2.45, 2.75) is 0 Å². The van der Waals surface area contributed by atoms with E-state index in [2.05, 4.69) is 223 Å². The molecule has 1 heterocycles. The maximum absolute atomic E-state index is 6.53. The Balaban J connectivity index is 1.27. The van der Waals surface area contributed by atoms with E-state index in [9.17, 15) is 0 Å². The molecule has 0 spiro atoms. The summed E-state index contributed by atoms with van der Waals surface area (Å²) in [5.41, 5.74) is 14.3. The van der Waals surface area contributed by atoms with Crippen LogP contribution in [0, 0.1) is 0 Å². The molecule has 58 heavy (non-hydrogen) atoms. The van der Waals surface area contributed by atoms with Crippen LogP contribution in [0.5, 0.6) is 0 Å². The lowest BCUT2D eigenvalue weighted by Crippen LogP contribution is -2.11. The molecule has 0 radical (unpaired) electrons. The van der Waals surface area contributed by atoms with Crippen molar-refractivity contribution >= 4 is 60.5 Å². The summed E-state index contributed by atoms with van der Waals surface area (Å²) in [5.74, 6) is 0. The Bertz CT molecular complexity index is 3200. The number of nitrogens with zero attached hydrogens (tertiary/aromatic N) is 1. The van der Waals surface area contributed by atoms with E-state index in [1.807, 2.05) is 6.07 Å². The third-order valence-electron chi connectivity index (χ3n) is 11.4. The lowest BCUT2D eigenvalue weighted by Gasteiger charge is -2.28. The second-order valence-electron chi connectivity index (χ2n) is 14.8. The van der Waals surface area contributed by atoms with Crippen LogP contribution in [-0.4, -0.2) is 0 Å². The normalized spacial score (nSPS) is 11.4. The maximum Gasteiger partial charge on any atom is 0.137 e. The highest BCUT2D eigenvalue weighted by Gasteiger charge is 2.23. The van der Waals surface area contributed by atoms with Crippen LogP contribution < -0.4 is 4.90 Å². The molecule has 0 amide bonds. The second-order valence-corrected chi connectivity index (χ2v) is 14.8. The number of benzene rings is 10. The number of fused-ring (bicyclic) bond motifs is 6. The molecule has 2 nitrogen and oxygen atoms in total. The van der Waals surface area contributed by atoms with E-state index in [1.54, 1.807) is 0 Å². The molecule has 0 bridgehead atoms. The first-order chi connectivity index (χ1) is 28.8. The van der Waals surface area contributed by atoms with Gasteiger partial charge in [0.15, 0.2) is 0 Å². The Labute approximate surface area is 337 Å². The summed E-state index contributed by atoms with van der Waals surface area (Å²) in [6, 6.07) is 80.8. The minimum atomic E-state index is 0.856. The van der Waals surface area contributed by atoms with Gasteiger partial charge in [-0.25, -0.2) is 0 Å². The summed E-state index contributed by atoms with van der Waals surface area (Å²) < 4.78 is 6.53. The van der Waals surface area contributed by atoms with Gasteiger partial charge in [0, 0.05) is 16.8 Å². The first kappa shape index (κ1) is 33.6. The van der Waals surface area contributed by atoms with Gasteiger partial charge in [-0.3, -0.25) is 0 Å². The Kier molecular flexibility index (Phi) is 8.19. The van der Waals surface area contributed by atoms with Gasteiger partial charge in [-0.2, -0.15) is 0 Å². The Morgan fingerprint density at radius 3 is 1.38 bits per heavy atom.